The van der Waals surface area contributed by atoms with E-state index in [1.54, 1.807) is 16.9 Å². The predicted molar refractivity (Wildman–Crippen MR) is 62.3 cm³/mol. The molecular formula is C11H15N5. The van der Waals surface area contributed by atoms with Crippen LogP contribution in [0.5, 0.6) is 0 Å². The molecule has 0 atom stereocenters. The van der Waals surface area contributed by atoms with Crippen molar-refractivity contribution in [1.82, 2.24) is 19.7 Å². The van der Waals surface area contributed by atoms with Gasteiger partial charge in [-0.15, -0.1) is 0 Å². The smallest absolute Gasteiger partial charge is 0.159 e. The van der Waals surface area contributed by atoms with E-state index in [4.69, 9.17) is 5.73 Å². The standard InChI is InChI=1S/C11H15N5/c1-11(2,3)10-14-8(12)7-9(15-10)16-6-4-5-13-16/h4-7H,1-3H3,(H2,12,14,15). The fourth-order valence-electron chi connectivity index (χ4n) is 1.31. The van der Waals surface area contributed by atoms with Crippen LogP contribution in [0, 0.1) is 0 Å². The number of aromatic nitrogens is 4. The van der Waals surface area contributed by atoms with Gasteiger partial charge in [-0.1, -0.05) is 20.8 Å². The summed E-state index contributed by atoms with van der Waals surface area (Å²) in [7, 11) is 0. The molecule has 0 bridgehead atoms. The molecule has 0 radical (unpaired) electrons. The molecule has 0 aromatic carbocycles. The number of anilines is 1. The molecule has 16 heavy (non-hydrogen) atoms. The summed E-state index contributed by atoms with van der Waals surface area (Å²) in [4.78, 5) is 8.70. The number of hydrogen-bond donors (Lipinski definition) is 1. The lowest BCUT2D eigenvalue weighted by atomic mass is 9.96. The molecule has 0 unspecified atom stereocenters. The van der Waals surface area contributed by atoms with Crippen LogP contribution in [0.2, 0.25) is 0 Å². The summed E-state index contributed by atoms with van der Waals surface area (Å²) in [6.45, 7) is 6.15. The Labute approximate surface area is 94.3 Å². The summed E-state index contributed by atoms with van der Waals surface area (Å²) in [6, 6.07) is 3.55. The molecule has 5 nitrogen and oxygen atoms in total. The van der Waals surface area contributed by atoms with Crippen molar-refractivity contribution in [1.29, 1.82) is 0 Å². The zero-order chi connectivity index (χ0) is 11.8. The Bertz CT molecular complexity index is 482. The first-order chi connectivity index (χ1) is 7.47. The quantitative estimate of drug-likeness (QED) is 0.786. The van der Waals surface area contributed by atoms with Crippen molar-refractivity contribution in [2.24, 2.45) is 0 Å². The Morgan fingerprint density at radius 3 is 2.56 bits per heavy atom. The predicted octanol–water partition coefficient (Wildman–Crippen LogP) is 1.54. The van der Waals surface area contributed by atoms with E-state index in [2.05, 4.69) is 35.8 Å². The third-order valence-electron chi connectivity index (χ3n) is 2.14. The van der Waals surface area contributed by atoms with Crippen molar-refractivity contribution in [3.05, 3.63) is 30.4 Å². The largest absolute Gasteiger partial charge is 0.384 e. The van der Waals surface area contributed by atoms with Crippen molar-refractivity contribution in [2.75, 3.05) is 5.73 Å². The van der Waals surface area contributed by atoms with Gasteiger partial charge >= 0.3 is 0 Å². The Hall–Kier alpha value is -1.91. The molecule has 0 saturated carbocycles. The minimum Gasteiger partial charge on any atom is -0.384 e. The van der Waals surface area contributed by atoms with Crippen molar-refractivity contribution in [3.8, 4) is 5.82 Å². The molecule has 2 aromatic rings. The maximum atomic E-state index is 5.77. The lowest BCUT2D eigenvalue weighted by Crippen LogP contribution is -2.18. The van der Waals surface area contributed by atoms with Crippen molar-refractivity contribution < 1.29 is 0 Å². The fourth-order valence-corrected chi connectivity index (χ4v) is 1.31. The van der Waals surface area contributed by atoms with E-state index in [-0.39, 0.29) is 5.41 Å². The van der Waals surface area contributed by atoms with E-state index < -0.39 is 0 Å². The molecule has 0 saturated heterocycles. The van der Waals surface area contributed by atoms with Crippen LogP contribution in [-0.2, 0) is 5.41 Å². The maximum Gasteiger partial charge on any atom is 0.159 e. The van der Waals surface area contributed by atoms with E-state index in [1.165, 1.54) is 0 Å². The number of nitrogens with two attached hydrogens (primary N) is 1. The Morgan fingerprint density at radius 1 is 1.25 bits per heavy atom. The number of hydrogen-bond acceptors (Lipinski definition) is 4. The number of nitrogens with zero attached hydrogens (tertiary/aromatic N) is 4. The van der Waals surface area contributed by atoms with Crippen molar-refractivity contribution in [2.45, 2.75) is 26.2 Å². The fraction of sp³-hybridized carbons (Fsp3) is 0.364. The molecule has 2 N–H and O–H groups in total. The first-order valence-electron chi connectivity index (χ1n) is 5.12. The first-order valence-corrected chi connectivity index (χ1v) is 5.12. The molecule has 0 aliphatic carbocycles. The first kappa shape index (κ1) is 10.6. The van der Waals surface area contributed by atoms with Crippen LogP contribution in [-0.4, -0.2) is 19.7 Å². The SMILES string of the molecule is CC(C)(C)c1nc(N)cc(-n2cccn2)n1. The summed E-state index contributed by atoms with van der Waals surface area (Å²) < 4.78 is 1.67. The van der Waals surface area contributed by atoms with Gasteiger partial charge in [0.2, 0.25) is 0 Å². The molecule has 0 aliphatic heterocycles. The minimum atomic E-state index is -0.128. The average Bonchev–Trinajstić information content (AvgIpc) is 2.68. The average molecular weight is 217 g/mol. The topological polar surface area (TPSA) is 69.6 Å². The lowest BCUT2D eigenvalue weighted by molar-refractivity contribution is 0.543. The highest BCUT2D eigenvalue weighted by Gasteiger charge is 2.19. The van der Waals surface area contributed by atoms with Gasteiger partial charge in [-0.05, 0) is 6.07 Å². The summed E-state index contributed by atoms with van der Waals surface area (Å²) in [6.07, 6.45) is 3.53. The van der Waals surface area contributed by atoms with Crippen LogP contribution in [0.3, 0.4) is 0 Å². The molecule has 2 heterocycles. The summed E-state index contributed by atoms with van der Waals surface area (Å²) in [5, 5.41) is 4.12. The molecule has 84 valence electrons. The highest BCUT2D eigenvalue weighted by atomic mass is 15.3. The zero-order valence-electron chi connectivity index (χ0n) is 9.68. The summed E-state index contributed by atoms with van der Waals surface area (Å²) >= 11 is 0. The second kappa shape index (κ2) is 3.59. The Morgan fingerprint density at radius 2 is 2.00 bits per heavy atom. The van der Waals surface area contributed by atoms with Crippen LogP contribution >= 0.6 is 0 Å². The normalized spacial score (nSPS) is 11.7. The van der Waals surface area contributed by atoms with E-state index >= 15 is 0 Å². The highest BCUT2D eigenvalue weighted by Crippen LogP contribution is 2.20. The molecular weight excluding hydrogens is 202 g/mol. The van der Waals surface area contributed by atoms with Gasteiger partial charge < -0.3 is 5.73 Å². The maximum absolute atomic E-state index is 5.77. The lowest BCUT2D eigenvalue weighted by Gasteiger charge is -2.17. The Kier molecular flexibility index (Phi) is 2.38. The molecule has 2 aromatic heterocycles. The van der Waals surface area contributed by atoms with Crippen LogP contribution < -0.4 is 5.73 Å². The third kappa shape index (κ3) is 2.03. The van der Waals surface area contributed by atoms with E-state index in [0.29, 0.717) is 11.6 Å². The van der Waals surface area contributed by atoms with Crippen molar-refractivity contribution >= 4 is 5.82 Å². The van der Waals surface area contributed by atoms with Gasteiger partial charge in [0, 0.05) is 23.9 Å². The van der Waals surface area contributed by atoms with Gasteiger partial charge in [0.05, 0.1) is 0 Å². The van der Waals surface area contributed by atoms with Crippen molar-refractivity contribution in [3.63, 3.8) is 0 Å². The Balaban J connectivity index is 2.53. The molecule has 0 aliphatic rings. The number of rotatable bonds is 1. The van der Waals surface area contributed by atoms with E-state index in [1.807, 2.05) is 12.3 Å². The monoisotopic (exact) mass is 217 g/mol. The van der Waals surface area contributed by atoms with Gasteiger partial charge in [0.1, 0.15) is 11.6 Å². The van der Waals surface area contributed by atoms with E-state index in [0.717, 1.165) is 5.82 Å². The molecule has 5 heteroatoms. The summed E-state index contributed by atoms with van der Waals surface area (Å²) in [5.41, 5.74) is 5.64. The van der Waals surface area contributed by atoms with Gasteiger partial charge in [-0.2, -0.15) is 5.10 Å². The molecule has 0 fully saturated rings. The molecule has 0 amide bonds. The van der Waals surface area contributed by atoms with Crippen LogP contribution in [0.4, 0.5) is 5.82 Å². The zero-order valence-corrected chi connectivity index (χ0v) is 9.68. The highest BCUT2D eigenvalue weighted by molar-refractivity contribution is 5.37. The van der Waals surface area contributed by atoms with Gasteiger partial charge in [0.25, 0.3) is 0 Å². The van der Waals surface area contributed by atoms with Crippen LogP contribution in [0.1, 0.15) is 26.6 Å². The van der Waals surface area contributed by atoms with Gasteiger partial charge in [-0.25, -0.2) is 14.6 Å². The van der Waals surface area contributed by atoms with Crippen LogP contribution in [0.15, 0.2) is 24.5 Å². The summed E-state index contributed by atoms with van der Waals surface area (Å²) in [5.74, 6) is 1.88. The van der Waals surface area contributed by atoms with Gasteiger partial charge in [-0.3, -0.25) is 0 Å². The third-order valence-corrected chi connectivity index (χ3v) is 2.14. The van der Waals surface area contributed by atoms with E-state index in [9.17, 15) is 0 Å². The second-order valence-electron chi connectivity index (χ2n) is 4.68. The molecule has 2 rings (SSSR count). The van der Waals surface area contributed by atoms with Crippen LogP contribution in [0.25, 0.3) is 5.82 Å². The second-order valence-corrected chi connectivity index (χ2v) is 4.68. The minimum absolute atomic E-state index is 0.128. The van der Waals surface area contributed by atoms with Gasteiger partial charge in [0.15, 0.2) is 5.82 Å². The molecule has 0 spiro atoms. The number of nitrogen functional groups attached to an aromatic ring is 1.